The summed E-state index contributed by atoms with van der Waals surface area (Å²) in [5.74, 6) is -0.0671. The van der Waals surface area contributed by atoms with Gasteiger partial charge in [0.15, 0.2) is 0 Å². The molecule has 0 aliphatic heterocycles. The van der Waals surface area contributed by atoms with E-state index in [1.807, 2.05) is 12.3 Å². The van der Waals surface area contributed by atoms with Gasteiger partial charge < -0.3 is 4.90 Å². The molecular formula is C16H17N5O2S. The van der Waals surface area contributed by atoms with Gasteiger partial charge in [-0.05, 0) is 19.1 Å². The molecule has 2 aromatic heterocycles. The van der Waals surface area contributed by atoms with Crippen LogP contribution < -0.4 is 5.56 Å². The van der Waals surface area contributed by atoms with Gasteiger partial charge in [0.2, 0.25) is 5.91 Å². The number of fused-ring (bicyclic) bond motifs is 1. The minimum atomic E-state index is -0.230. The van der Waals surface area contributed by atoms with Crippen LogP contribution >= 0.6 is 11.3 Å². The highest BCUT2D eigenvalue weighted by molar-refractivity contribution is 7.09. The first-order valence-electron chi connectivity index (χ1n) is 7.52. The third-order valence-corrected chi connectivity index (χ3v) is 4.48. The van der Waals surface area contributed by atoms with Crippen molar-refractivity contribution in [2.75, 3.05) is 7.05 Å². The minimum Gasteiger partial charge on any atom is -0.340 e. The number of rotatable bonds is 5. The molecule has 8 heteroatoms. The Morgan fingerprint density at radius 1 is 1.33 bits per heavy atom. The van der Waals surface area contributed by atoms with Gasteiger partial charge in [-0.1, -0.05) is 17.3 Å². The zero-order chi connectivity index (χ0) is 17.1. The molecule has 1 amide bonds. The molecule has 3 rings (SSSR count). The molecule has 0 atom stereocenters. The first kappa shape index (κ1) is 16.3. The summed E-state index contributed by atoms with van der Waals surface area (Å²) >= 11 is 1.56. The number of aryl methyl sites for hydroxylation is 2. The Morgan fingerprint density at radius 3 is 2.88 bits per heavy atom. The molecule has 2 heterocycles. The second kappa shape index (κ2) is 6.88. The lowest BCUT2D eigenvalue weighted by molar-refractivity contribution is -0.130. The smallest absolute Gasteiger partial charge is 0.277 e. The second-order valence-corrected chi connectivity index (χ2v) is 6.55. The Labute approximate surface area is 142 Å². The normalized spacial score (nSPS) is 10.9. The van der Waals surface area contributed by atoms with E-state index in [2.05, 4.69) is 15.3 Å². The highest BCUT2D eigenvalue weighted by Crippen LogP contribution is 2.10. The number of carbonyl (C=O) groups excluding carboxylic acids is 1. The maximum Gasteiger partial charge on any atom is 0.277 e. The maximum atomic E-state index is 12.3. The molecule has 0 saturated heterocycles. The van der Waals surface area contributed by atoms with Crippen molar-refractivity contribution in [2.45, 2.75) is 26.4 Å². The molecule has 0 aliphatic rings. The largest absolute Gasteiger partial charge is 0.340 e. The first-order valence-corrected chi connectivity index (χ1v) is 8.40. The Morgan fingerprint density at radius 2 is 2.12 bits per heavy atom. The van der Waals surface area contributed by atoms with E-state index in [4.69, 9.17) is 0 Å². The van der Waals surface area contributed by atoms with Crippen molar-refractivity contribution in [3.63, 3.8) is 0 Å². The summed E-state index contributed by atoms with van der Waals surface area (Å²) < 4.78 is 1.24. The zero-order valence-corrected chi connectivity index (χ0v) is 14.3. The standard InChI is InChI=1S/C16H17N5O2S/c1-11-17-12(10-24-11)9-20(2)15(22)7-8-21-16(23)13-5-3-4-6-14(13)18-19-21/h3-6,10H,7-9H2,1-2H3. The summed E-state index contributed by atoms with van der Waals surface area (Å²) in [4.78, 5) is 30.5. The number of hydrogen-bond donors (Lipinski definition) is 0. The summed E-state index contributed by atoms with van der Waals surface area (Å²) in [6.45, 7) is 2.60. The van der Waals surface area contributed by atoms with Crippen LogP contribution in [0, 0.1) is 6.92 Å². The molecule has 24 heavy (non-hydrogen) atoms. The lowest BCUT2D eigenvalue weighted by Gasteiger charge is -2.15. The predicted molar refractivity (Wildman–Crippen MR) is 91.7 cm³/mol. The molecule has 7 nitrogen and oxygen atoms in total. The Balaban J connectivity index is 1.65. The molecule has 0 N–H and O–H groups in total. The van der Waals surface area contributed by atoms with Crippen LogP contribution in [0.2, 0.25) is 0 Å². The molecular weight excluding hydrogens is 326 g/mol. The predicted octanol–water partition coefficient (Wildman–Crippen LogP) is 1.61. The lowest BCUT2D eigenvalue weighted by Crippen LogP contribution is -2.30. The fraction of sp³-hybridized carbons (Fsp3) is 0.312. The topological polar surface area (TPSA) is 81.0 Å². The summed E-state index contributed by atoms with van der Waals surface area (Å²) in [5, 5.41) is 11.3. The molecule has 0 radical (unpaired) electrons. The minimum absolute atomic E-state index is 0.0671. The Kier molecular flexibility index (Phi) is 4.66. The van der Waals surface area contributed by atoms with Crippen molar-refractivity contribution in [1.82, 2.24) is 24.9 Å². The highest BCUT2D eigenvalue weighted by Gasteiger charge is 2.12. The van der Waals surface area contributed by atoms with Gasteiger partial charge in [0, 0.05) is 18.8 Å². The molecule has 0 spiro atoms. The van der Waals surface area contributed by atoms with Crippen molar-refractivity contribution >= 4 is 28.1 Å². The fourth-order valence-corrected chi connectivity index (χ4v) is 2.98. The van der Waals surface area contributed by atoms with E-state index in [-0.39, 0.29) is 24.4 Å². The number of thiazole rings is 1. The average Bonchev–Trinajstić information content (AvgIpc) is 2.99. The van der Waals surface area contributed by atoms with E-state index in [0.29, 0.717) is 17.4 Å². The number of nitrogens with zero attached hydrogens (tertiary/aromatic N) is 5. The second-order valence-electron chi connectivity index (χ2n) is 5.49. The fourth-order valence-electron chi connectivity index (χ4n) is 2.37. The molecule has 1 aromatic carbocycles. The van der Waals surface area contributed by atoms with Crippen LogP contribution in [0.25, 0.3) is 10.9 Å². The molecule has 0 bridgehead atoms. The molecule has 0 fully saturated rings. The van der Waals surface area contributed by atoms with Crippen LogP contribution in [0.3, 0.4) is 0 Å². The molecule has 0 saturated carbocycles. The van der Waals surface area contributed by atoms with E-state index in [9.17, 15) is 9.59 Å². The summed E-state index contributed by atoms with van der Waals surface area (Å²) in [5.41, 5.74) is 1.20. The zero-order valence-electron chi connectivity index (χ0n) is 13.5. The Hall–Kier alpha value is -2.61. The maximum absolute atomic E-state index is 12.3. The number of carbonyl (C=O) groups is 1. The van der Waals surface area contributed by atoms with Crippen LogP contribution in [0.5, 0.6) is 0 Å². The van der Waals surface area contributed by atoms with Crippen LogP contribution in [0.1, 0.15) is 17.1 Å². The van der Waals surface area contributed by atoms with Gasteiger partial charge in [0.25, 0.3) is 5.56 Å². The van der Waals surface area contributed by atoms with Gasteiger partial charge in [-0.2, -0.15) is 0 Å². The first-order chi connectivity index (χ1) is 11.5. The van der Waals surface area contributed by atoms with Gasteiger partial charge in [0.1, 0.15) is 5.52 Å². The average molecular weight is 343 g/mol. The Bertz CT molecular complexity index is 933. The van der Waals surface area contributed by atoms with E-state index in [1.54, 1.807) is 47.5 Å². The summed E-state index contributed by atoms with van der Waals surface area (Å²) in [7, 11) is 1.73. The van der Waals surface area contributed by atoms with Crippen molar-refractivity contribution in [3.05, 3.63) is 50.7 Å². The quantitative estimate of drug-likeness (QED) is 0.703. The van der Waals surface area contributed by atoms with Crippen LogP contribution in [0.4, 0.5) is 0 Å². The number of aromatic nitrogens is 4. The number of benzene rings is 1. The van der Waals surface area contributed by atoms with Gasteiger partial charge in [-0.25, -0.2) is 9.67 Å². The number of amides is 1. The van der Waals surface area contributed by atoms with Crippen LogP contribution in [0.15, 0.2) is 34.4 Å². The molecule has 124 valence electrons. The van der Waals surface area contributed by atoms with Gasteiger partial charge in [-0.15, -0.1) is 16.4 Å². The van der Waals surface area contributed by atoms with Gasteiger partial charge in [-0.3, -0.25) is 9.59 Å². The number of hydrogen-bond acceptors (Lipinski definition) is 6. The van der Waals surface area contributed by atoms with Crippen LogP contribution in [-0.4, -0.2) is 37.8 Å². The van der Waals surface area contributed by atoms with Gasteiger partial charge in [0.05, 0.1) is 29.2 Å². The third-order valence-electron chi connectivity index (χ3n) is 3.66. The van der Waals surface area contributed by atoms with Gasteiger partial charge >= 0.3 is 0 Å². The van der Waals surface area contributed by atoms with Crippen molar-refractivity contribution in [2.24, 2.45) is 0 Å². The SMILES string of the molecule is Cc1nc(CN(C)C(=O)CCn2nnc3ccccc3c2=O)cs1. The van der Waals surface area contributed by atoms with Crippen molar-refractivity contribution in [1.29, 1.82) is 0 Å². The van der Waals surface area contributed by atoms with Crippen molar-refractivity contribution in [3.8, 4) is 0 Å². The summed E-state index contributed by atoms with van der Waals surface area (Å²) in [6.07, 6.45) is 0.187. The monoisotopic (exact) mass is 343 g/mol. The molecule has 0 unspecified atom stereocenters. The van der Waals surface area contributed by atoms with E-state index < -0.39 is 0 Å². The lowest BCUT2D eigenvalue weighted by atomic mass is 10.2. The molecule has 3 aromatic rings. The van der Waals surface area contributed by atoms with Crippen molar-refractivity contribution < 1.29 is 4.79 Å². The molecule has 0 aliphatic carbocycles. The summed E-state index contributed by atoms with van der Waals surface area (Å²) in [6, 6.07) is 7.04. The van der Waals surface area contributed by atoms with E-state index in [0.717, 1.165) is 10.7 Å². The van der Waals surface area contributed by atoms with Crippen LogP contribution in [-0.2, 0) is 17.9 Å². The highest BCUT2D eigenvalue weighted by atomic mass is 32.1. The van der Waals surface area contributed by atoms with E-state index >= 15 is 0 Å². The van der Waals surface area contributed by atoms with E-state index in [1.165, 1.54) is 4.68 Å². The third kappa shape index (κ3) is 3.48.